The van der Waals surface area contributed by atoms with E-state index in [4.69, 9.17) is 4.42 Å². The second kappa shape index (κ2) is 5.09. The maximum Gasteiger partial charge on any atom is 0.295 e. The Morgan fingerprint density at radius 1 is 1.60 bits per heavy atom. The van der Waals surface area contributed by atoms with Gasteiger partial charge in [0.05, 0.1) is 4.92 Å². The normalized spacial score (nSPS) is 19.6. The van der Waals surface area contributed by atoms with Gasteiger partial charge in [-0.15, -0.1) is 0 Å². The van der Waals surface area contributed by atoms with Crippen molar-refractivity contribution in [2.45, 2.75) is 18.9 Å². The van der Waals surface area contributed by atoms with Gasteiger partial charge < -0.3 is 14.6 Å². The van der Waals surface area contributed by atoms with Crippen LogP contribution in [-0.2, 0) is 0 Å². The molecule has 0 aliphatic carbocycles. The van der Waals surface area contributed by atoms with Gasteiger partial charge in [-0.1, -0.05) is 0 Å². The summed E-state index contributed by atoms with van der Waals surface area (Å²) in [6.07, 6.45) is 2.37. The molecule has 1 aliphatic heterocycles. The molecule has 2 aromatic rings. The van der Waals surface area contributed by atoms with Crippen molar-refractivity contribution in [3.05, 3.63) is 28.3 Å². The molecule has 1 saturated heterocycles. The Hall–Kier alpha value is -2.15. The predicted molar refractivity (Wildman–Crippen MR) is 74.8 cm³/mol. The number of hydrogen-bond acceptors (Lipinski definition) is 6. The summed E-state index contributed by atoms with van der Waals surface area (Å²) in [4.78, 5) is 16.8. The Morgan fingerprint density at radius 2 is 2.45 bits per heavy atom. The number of anilines is 1. The van der Waals surface area contributed by atoms with Gasteiger partial charge in [0, 0.05) is 24.7 Å². The van der Waals surface area contributed by atoms with Gasteiger partial charge in [-0.3, -0.25) is 10.1 Å². The van der Waals surface area contributed by atoms with Gasteiger partial charge in [0.15, 0.2) is 5.58 Å². The van der Waals surface area contributed by atoms with E-state index in [2.05, 4.69) is 22.2 Å². The molecule has 1 unspecified atom stereocenters. The highest BCUT2D eigenvalue weighted by Gasteiger charge is 2.21. The number of nitro groups is 1. The molecule has 1 fully saturated rings. The third-order valence-corrected chi connectivity index (χ3v) is 3.74. The molecular weight excluding hydrogens is 260 g/mol. The molecule has 106 valence electrons. The van der Waals surface area contributed by atoms with Crippen LogP contribution >= 0.6 is 0 Å². The van der Waals surface area contributed by atoms with Crippen LogP contribution in [0.1, 0.15) is 12.8 Å². The summed E-state index contributed by atoms with van der Waals surface area (Å²) in [6.45, 7) is 1.89. The third kappa shape index (κ3) is 2.44. The standard InChI is InChI=1S/C13H16N4O3/c1-16-6-2-3-10(16)8-14-13-15-11-7-9(17(18)19)4-5-12(11)20-13/h4-5,7,10H,2-3,6,8H2,1H3,(H,14,15). The minimum absolute atomic E-state index is 0.0212. The number of likely N-dealkylation sites (N-methyl/N-ethyl adjacent to an activating group) is 1. The largest absolute Gasteiger partial charge is 0.424 e. The van der Waals surface area contributed by atoms with E-state index in [0.717, 1.165) is 19.5 Å². The predicted octanol–water partition coefficient (Wildman–Crippen LogP) is 2.24. The second-order valence-corrected chi connectivity index (χ2v) is 5.09. The summed E-state index contributed by atoms with van der Waals surface area (Å²) in [7, 11) is 2.11. The van der Waals surface area contributed by atoms with E-state index >= 15 is 0 Å². The first kappa shape index (κ1) is 12.9. The van der Waals surface area contributed by atoms with Crippen molar-refractivity contribution in [1.29, 1.82) is 0 Å². The number of non-ortho nitro benzene ring substituents is 1. The topological polar surface area (TPSA) is 84.4 Å². The zero-order valence-electron chi connectivity index (χ0n) is 11.2. The molecule has 0 spiro atoms. The molecule has 1 aromatic carbocycles. The molecule has 0 radical (unpaired) electrons. The lowest BCUT2D eigenvalue weighted by atomic mass is 10.2. The maximum atomic E-state index is 10.7. The fourth-order valence-corrected chi connectivity index (χ4v) is 2.55. The van der Waals surface area contributed by atoms with Crippen molar-refractivity contribution in [3.8, 4) is 0 Å². The van der Waals surface area contributed by atoms with Gasteiger partial charge in [0.25, 0.3) is 11.7 Å². The Labute approximate surface area is 115 Å². The molecule has 0 saturated carbocycles. The highest BCUT2D eigenvalue weighted by molar-refractivity contribution is 5.77. The van der Waals surface area contributed by atoms with Crippen LogP contribution in [-0.4, -0.2) is 41.0 Å². The van der Waals surface area contributed by atoms with E-state index in [9.17, 15) is 10.1 Å². The lowest BCUT2D eigenvalue weighted by Crippen LogP contribution is -2.31. The molecule has 0 amide bonds. The number of oxazole rings is 1. The van der Waals surface area contributed by atoms with E-state index in [1.54, 1.807) is 6.07 Å². The molecule has 1 atom stereocenters. The number of benzene rings is 1. The summed E-state index contributed by atoms with van der Waals surface area (Å²) in [5.74, 6) is 0. The summed E-state index contributed by atoms with van der Waals surface area (Å²) in [6, 6.07) is 5.32. The fraction of sp³-hybridized carbons (Fsp3) is 0.462. The van der Waals surface area contributed by atoms with E-state index < -0.39 is 4.92 Å². The van der Waals surface area contributed by atoms with Gasteiger partial charge in [-0.2, -0.15) is 4.98 Å². The maximum absolute atomic E-state index is 10.7. The summed E-state index contributed by atoms with van der Waals surface area (Å²) in [5.41, 5.74) is 1.08. The van der Waals surface area contributed by atoms with Crippen LogP contribution < -0.4 is 5.32 Å². The van der Waals surface area contributed by atoms with Gasteiger partial charge in [0.1, 0.15) is 5.52 Å². The number of likely N-dealkylation sites (tertiary alicyclic amines) is 1. The Morgan fingerprint density at radius 3 is 3.15 bits per heavy atom. The second-order valence-electron chi connectivity index (χ2n) is 5.09. The molecule has 2 heterocycles. The molecule has 3 rings (SSSR count). The van der Waals surface area contributed by atoms with Crippen LogP contribution in [0.2, 0.25) is 0 Å². The monoisotopic (exact) mass is 276 g/mol. The smallest absolute Gasteiger partial charge is 0.295 e. The zero-order chi connectivity index (χ0) is 14.1. The summed E-state index contributed by atoms with van der Waals surface area (Å²) in [5, 5.41) is 13.9. The Balaban J connectivity index is 1.74. The average Bonchev–Trinajstić information content (AvgIpc) is 3.00. The first-order chi connectivity index (χ1) is 9.63. The quantitative estimate of drug-likeness (QED) is 0.681. The van der Waals surface area contributed by atoms with Gasteiger partial charge in [-0.25, -0.2) is 0 Å². The SMILES string of the molecule is CN1CCCC1CNc1nc2cc([N+](=O)[O-])ccc2o1. The van der Waals surface area contributed by atoms with E-state index in [-0.39, 0.29) is 5.69 Å². The van der Waals surface area contributed by atoms with Crippen LogP contribution in [0.3, 0.4) is 0 Å². The number of aromatic nitrogens is 1. The first-order valence-electron chi connectivity index (χ1n) is 6.62. The van der Waals surface area contributed by atoms with Crippen molar-refractivity contribution in [2.75, 3.05) is 25.5 Å². The van der Waals surface area contributed by atoms with Crippen LogP contribution in [0.5, 0.6) is 0 Å². The number of fused-ring (bicyclic) bond motifs is 1. The molecule has 1 N–H and O–H groups in total. The number of nitrogens with zero attached hydrogens (tertiary/aromatic N) is 3. The van der Waals surface area contributed by atoms with Crippen LogP contribution in [0.4, 0.5) is 11.7 Å². The number of rotatable bonds is 4. The minimum Gasteiger partial charge on any atom is -0.424 e. The lowest BCUT2D eigenvalue weighted by molar-refractivity contribution is -0.384. The summed E-state index contributed by atoms with van der Waals surface area (Å²) < 4.78 is 5.53. The number of hydrogen-bond donors (Lipinski definition) is 1. The zero-order valence-corrected chi connectivity index (χ0v) is 11.2. The highest BCUT2D eigenvalue weighted by atomic mass is 16.6. The Kier molecular flexibility index (Phi) is 3.27. The van der Waals surface area contributed by atoms with Gasteiger partial charge >= 0.3 is 0 Å². The summed E-state index contributed by atoms with van der Waals surface area (Å²) >= 11 is 0. The van der Waals surface area contributed by atoms with E-state index in [0.29, 0.717) is 23.2 Å². The molecule has 0 bridgehead atoms. The van der Waals surface area contributed by atoms with Crippen molar-refractivity contribution in [3.63, 3.8) is 0 Å². The third-order valence-electron chi connectivity index (χ3n) is 3.74. The Bertz CT molecular complexity index is 640. The minimum atomic E-state index is -0.436. The lowest BCUT2D eigenvalue weighted by Gasteiger charge is -2.18. The molecule has 20 heavy (non-hydrogen) atoms. The van der Waals surface area contributed by atoms with Crippen molar-refractivity contribution in [2.24, 2.45) is 0 Å². The van der Waals surface area contributed by atoms with E-state index in [1.165, 1.54) is 18.6 Å². The first-order valence-corrected chi connectivity index (χ1v) is 6.62. The molecule has 1 aliphatic rings. The number of nitrogens with one attached hydrogen (secondary N) is 1. The fourth-order valence-electron chi connectivity index (χ4n) is 2.55. The molecule has 7 heteroatoms. The molecular formula is C13H16N4O3. The molecule has 1 aromatic heterocycles. The van der Waals surface area contributed by atoms with Crippen molar-refractivity contribution in [1.82, 2.24) is 9.88 Å². The van der Waals surface area contributed by atoms with Crippen LogP contribution in [0.15, 0.2) is 22.6 Å². The number of nitro benzene ring substituents is 1. The van der Waals surface area contributed by atoms with Crippen molar-refractivity contribution >= 4 is 22.8 Å². The molecule has 7 nitrogen and oxygen atoms in total. The van der Waals surface area contributed by atoms with Crippen molar-refractivity contribution < 1.29 is 9.34 Å². The highest BCUT2D eigenvalue weighted by Crippen LogP contribution is 2.24. The van der Waals surface area contributed by atoms with Crippen LogP contribution in [0, 0.1) is 10.1 Å². The van der Waals surface area contributed by atoms with Crippen LogP contribution in [0.25, 0.3) is 11.1 Å². The van der Waals surface area contributed by atoms with Gasteiger partial charge in [0.2, 0.25) is 0 Å². The van der Waals surface area contributed by atoms with Gasteiger partial charge in [-0.05, 0) is 32.5 Å². The van der Waals surface area contributed by atoms with E-state index in [1.807, 2.05) is 0 Å². The average molecular weight is 276 g/mol.